The molecule has 0 saturated carbocycles. The molecule has 2 heteroatoms. The summed E-state index contributed by atoms with van der Waals surface area (Å²) in [4.78, 5) is 11.8. The van der Waals surface area contributed by atoms with Crippen molar-refractivity contribution in [1.29, 1.82) is 0 Å². The van der Waals surface area contributed by atoms with E-state index in [9.17, 15) is 4.79 Å². The maximum absolute atomic E-state index is 11.8. The fraction of sp³-hybridized carbons (Fsp3) is 0.588. The maximum Gasteiger partial charge on any atom is 0.338 e. The van der Waals surface area contributed by atoms with E-state index in [0.29, 0.717) is 12.2 Å². The quantitative estimate of drug-likeness (QED) is 0.547. The summed E-state index contributed by atoms with van der Waals surface area (Å²) in [6.45, 7) is 9.18. The Bertz CT molecular complexity index is 385. The summed E-state index contributed by atoms with van der Waals surface area (Å²) in [5, 5.41) is 0. The van der Waals surface area contributed by atoms with Gasteiger partial charge in [0.15, 0.2) is 0 Å². The summed E-state index contributed by atoms with van der Waals surface area (Å²) >= 11 is 0. The van der Waals surface area contributed by atoms with Crippen LogP contribution in [0.25, 0.3) is 0 Å². The molecule has 0 bridgehead atoms. The van der Waals surface area contributed by atoms with Crippen molar-refractivity contribution in [1.82, 2.24) is 0 Å². The predicted octanol–water partition coefficient (Wildman–Crippen LogP) is 4.72. The van der Waals surface area contributed by atoms with Gasteiger partial charge in [-0.1, -0.05) is 59.1 Å². The molecule has 0 unspecified atom stereocenters. The van der Waals surface area contributed by atoms with Crippen LogP contribution in [0.3, 0.4) is 0 Å². The molecule has 2 nitrogen and oxygen atoms in total. The van der Waals surface area contributed by atoms with Crippen LogP contribution in [-0.4, -0.2) is 12.6 Å². The van der Waals surface area contributed by atoms with Crippen LogP contribution in [0.15, 0.2) is 24.3 Å². The van der Waals surface area contributed by atoms with Gasteiger partial charge in [0.05, 0.1) is 12.2 Å². The molecule has 1 aromatic carbocycles. The molecule has 0 aliphatic heterocycles. The first kappa shape index (κ1) is 15.7. The maximum atomic E-state index is 11.8. The fourth-order valence-electron chi connectivity index (χ4n) is 1.88. The molecule has 0 fully saturated rings. The predicted molar refractivity (Wildman–Crippen MR) is 79.6 cm³/mol. The van der Waals surface area contributed by atoms with E-state index < -0.39 is 0 Å². The Morgan fingerprint density at radius 2 is 1.68 bits per heavy atom. The number of carbonyl (C=O) groups is 1. The zero-order valence-corrected chi connectivity index (χ0v) is 12.7. The number of carbonyl (C=O) groups excluding carboxylic acids is 1. The highest BCUT2D eigenvalue weighted by Crippen LogP contribution is 2.22. The van der Waals surface area contributed by atoms with Crippen molar-refractivity contribution in [2.24, 2.45) is 0 Å². The molecule has 0 amide bonds. The lowest BCUT2D eigenvalue weighted by Crippen LogP contribution is -2.12. The van der Waals surface area contributed by atoms with Crippen molar-refractivity contribution in [3.8, 4) is 0 Å². The van der Waals surface area contributed by atoms with Gasteiger partial charge in [-0.05, 0) is 29.5 Å². The molecule has 19 heavy (non-hydrogen) atoms. The second-order valence-electron chi connectivity index (χ2n) is 6.02. The van der Waals surface area contributed by atoms with E-state index in [4.69, 9.17) is 4.74 Å². The van der Waals surface area contributed by atoms with E-state index in [2.05, 4.69) is 27.7 Å². The Labute approximate surface area is 117 Å². The second kappa shape index (κ2) is 7.32. The minimum Gasteiger partial charge on any atom is -0.462 e. The standard InChI is InChI=1S/C17H26O2/c1-5-6-7-8-13-19-16(18)14-9-11-15(12-10-14)17(2,3)4/h9-12H,5-8,13H2,1-4H3. The first-order valence-electron chi connectivity index (χ1n) is 7.23. The van der Waals surface area contributed by atoms with E-state index in [1.807, 2.05) is 24.3 Å². The van der Waals surface area contributed by atoms with Gasteiger partial charge < -0.3 is 4.74 Å². The average Bonchev–Trinajstić information content (AvgIpc) is 2.37. The summed E-state index contributed by atoms with van der Waals surface area (Å²) < 4.78 is 5.26. The molecular formula is C17H26O2. The summed E-state index contributed by atoms with van der Waals surface area (Å²) in [5.74, 6) is -0.211. The Morgan fingerprint density at radius 1 is 1.05 bits per heavy atom. The minimum atomic E-state index is -0.211. The summed E-state index contributed by atoms with van der Waals surface area (Å²) in [6.07, 6.45) is 4.49. The molecule has 0 atom stereocenters. The molecular weight excluding hydrogens is 236 g/mol. The number of rotatable bonds is 6. The van der Waals surface area contributed by atoms with Crippen molar-refractivity contribution in [2.45, 2.75) is 58.8 Å². The summed E-state index contributed by atoms with van der Waals surface area (Å²) in [5.41, 5.74) is 1.98. The molecule has 106 valence electrons. The number of hydrogen-bond acceptors (Lipinski definition) is 2. The van der Waals surface area contributed by atoms with Crippen LogP contribution in [0, 0.1) is 0 Å². The second-order valence-corrected chi connectivity index (χ2v) is 6.02. The van der Waals surface area contributed by atoms with Gasteiger partial charge in [0.25, 0.3) is 0 Å². The van der Waals surface area contributed by atoms with Crippen molar-refractivity contribution < 1.29 is 9.53 Å². The van der Waals surface area contributed by atoms with Gasteiger partial charge in [-0.25, -0.2) is 4.79 Å². The SMILES string of the molecule is CCCCCCOC(=O)c1ccc(C(C)(C)C)cc1. The van der Waals surface area contributed by atoms with Crippen molar-refractivity contribution in [3.63, 3.8) is 0 Å². The first-order chi connectivity index (χ1) is 8.95. The van der Waals surface area contributed by atoms with Gasteiger partial charge in [-0.15, -0.1) is 0 Å². The minimum absolute atomic E-state index is 0.114. The molecule has 0 N–H and O–H groups in total. The molecule has 0 spiro atoms. The topological polar surface area (TPSA) is 26.3 Å². The summed E-state index contributed by atoms with van der Waals surface area (Å²) in [6, 6.07) is 7.73. The van der Waals surface area contributed by atoms with Gasteiger partial charge >= 0.3 is 5.97 Å². The largest absolute Gasteiger partial charge is 0.462 e. The van der Waals surface area contributed by atoms with Crippen LogP contribution in [-0.2, 0) is 10.2 Å². The lowest BCUT2D eigenvalue weighted by molar-refractivity contribution is 0.0498. The van der Waals surface area contributed by atoms with E-state index in [0.717, 1.165) is 12.8 Å². The highest BCUT2D eigenvalue weighted by atomic mass is 16.5. The van der Waals surface area contributed by atoms with Gasteiger partial charge in [0, 0.05) is 0 Å². The number of esters is 1. The molecule has 0 saturated heterocycles. The molecule has 0 aliphatic carbocycles. The van der Waals surface area contributed by atoms with E-state index in [1.54, 1.807) is 0 Å². The third-order valence-electron chi connectivity index (χ3n) is 3.22. The van der Waals surface area contributed by atoms with Crippen LogP contribution in [0.4, 0.5) is 0 Å². The fourth-order valence-corrected chi connectivity index (χ4v) is 1.88. The lowest BCUT2D eigenvalue weighted by atomic mass is 9.87. The van der Waals surface area contributed by atoms with Gasteiger partial charge in [0.2, 0.25) is 0 Å². The van der Waals surface area contributed by atoms with Crippen molar-refractivity contribution >= 4 is 5.97 Å². The zero-order valence-electron chi connectivity index (χ0n) is 12.7. The number of ether oxygens (including phenoxy) is 1. The Balaban J connectivity index is 2.45. The molecule has 0 aliphatic rings. The normalized spacial score (nSPS) is 11.4. The molecule has 0 aromatic heterocycles. The van der Waals surface area contributed by atoms with Crippen LogP contribution in [0.5, 0.6) is 0 Å². The third-order valence-corrected chi connectivity index (χ3v) is 3.22. The van der Waals surface area contributed by atoms with Gasteiger partial charge in [-0.2, -0.15) is 0 Å². The highest BCUT2D eigenvalue weighted by Gasteiger charge is 2.14. The van der Waals surface area contributed by atoms with Crippen molar-refractivity contribution in [3.05, 3.63) is 35.4 Å². The number of hydrogen-bond donors (Lipinski definition) is 0. The lowest BCUT2D eigenvalue weighted by Gasteiger charge is -2.18. The monoisotopic (exact) mass is 262 g/mol. The summed E-state index contributed by atoms with van der Waals surface area (Å²) in [7, 11) is 0. The number of unbranched alkanes of at least 4 members (excludes halogenated alkanes) is 3. The van der Waals surface area contributed by atoms with Crippen molar-refractivity contribution in [2.75, 3.05) is 6.61 Å². The highest BCUT2D eigenvalue weighted by molar-refractivity contribution is 5.89. The Kier molecular flexibility index (Phi) is 6.07. The zero-order chi connectivity index (χ0) is 14.3. The van der Waals surface area contributed by atoms with E-state index in [1.165, 1.54) is 18.4 Å². The van der Waals surface area contributed by atoms with Crippen LogP contribution >= 0.6 is 0 Å². The smallest absolute Gasteiger partial charge is 0.338 e. The van der Waals surface area contributed by atoms with E-state index >= 15 is 0 Å². The Morgan fingerprint density at radius 3 is 2.21 bits per heavy atom. The molecule has 1 rings (SSSR count). The van der Waals surface area contributed by atoms with E-state index in [-0.39, 0.29) is 11.4 Å². The molecule has 0 radical (unpaired) electrons. The average molecular weight is 262 g/mol. The van der Waals surface area contributed by atoms with Gasteiger partial charge in [0.1, 0.15) is 0 Å². The molecule has 1 aromatic rings. The van der Waals surface area contributed by atoms with Crippen LogP contribution in [0.1, 0.15) is 69.3 Å². The van der Waals surface area contributed by atoms with Crippen LogP contribution in [0.2, 0.25) is 0 Å². The first-order valence-corrected chi connectivity index (χ1v) is 7.23. The van der Waals surface area contributed by atoms with Crippen LogP contribution < -0.4 is 0 Å². The Hall–Kier alpha value is -1.31. The third kappa shape index (κ3) is 5.46. The molecule has 0 heterocycles. The number of benzene rings is 1. The van der Waals surface area contributed by atoms with Gasteiger partial charge in [-0.3, -0.25) is 0 Å².